The van der Waals surface area contributed by atoms with Crippen LogP contribution in [0.2, 0.25) is 0 Å². The summed E-state index contributed by atoms with van der Waals surface area (Å²) < 4.78 is 14.7. The molecule has 0 aliphatic carbocycles. The number of nitrogens with zero attached hydrogens (tertiary/aromatic N) is 3. The minimum Gasteiger partial charge on any atom is -0.321 e. The molecule has 4 aromatic rings. The lowest BCUT2D eigenvalue weighted by molar-refractivity contribution is -0.384. The van der Waals surface area contributed by atoms with Crippen LogP contribution in [0.4, 0.5) is 15.8 Å². The van der Waals surface area contributed by atoms with Crippen molar-refractivity contribution in [1.82, 2.24) is 4.57 Å². The number of carbonyl (C=O) groups excluding carboxylic acids is 1. The number of nitriles is 1. The number of thiazole rings is 1. The predicted molar refractivity (Wildman–Crippen MR) is 130 cm³/mol. The van der Waals surface area contributed by atoms with Crippen molar-refractivity contribution in [2.24, 2.45) is 0 Å². The molecule has 0 spiro atoms. The number of non-ortho nitro benzene ring substituents is 1. The van der Waals surface area contributed by atoms with Gasteiger partial charge in [-0.1, -0.05) is 30.3 Å². The molecular formula is C25H15FN4O4S. The van der Waals surface area contributed by atoms with Crippen LogP contribution in [0.3, 0.4) is 0 Å². The third kappa shape index (κ3) is 5.05. The van der Waals surface area contributed by atoms with Crippen molar-refractivity contribution in [2.45, 2.75) is 0 Å². The predicted octanol–water partition coefficient (Wildman–Crippen LogP) is 3.09. The summed E-state index contributed by atoms with van der Waals surface area (Å²) in [7, 11) is 0. The molecule has 0 saturated heterocycles. The summed E-state index contributed by atoms with van der Waals surface area (Å²) in [5, 5.41) is 23.5. The van der Waals surface area contributed by atoms with E-state index in [4.69, 9.17) is 0 Å². The second kappa shape index (κ2) is 9.94. The fourth-order valence-electron chi connectivity index (χ4n) is 3.26. The maximum absolute atomic E-state index is 13.4. The summed E-state index contributed by atoms with van der Waals surface area (Å²) in [6.07, 6.45) is 1.47. The first-order chi connectivity index (χ1) is 16.9. The van der Waals surface area contributed by atoms with E-state index < -0.39 is 22.2 Å². The van der Waals surface area contributed by atoms with E-state index >= 15 is 0 Å². The smallest absolute Gasteiger partial charge is 0.273 e. The molecule has 0 fully saturated rings. The molecule has 0 bridgehead atoms. The number of anilines is 1. The molecule has 0 atom stereocenters. The van der Waals surface area contributed by atoms with Gasteiger partial charge in [-0.3, -0.25) is 24.3 Å². The van der Waals surface area contributed by atoms with E-state index in [2.05, 4.69) is 5.32 Å². The van der Waals surface area contributed by atoms with Crippen LogP contribution in [0.25, 0.3) is 17.3 Å². The zero-order valence-electron chi connectivity index (χ0n) is 17.8. The Morgan fingerprint density at radius 1 is 1.09 bits per heavy atom. The van der Waals surface area contributed by atoms with E-state index in [0.717, 1.165) is 11.3 Å². The normalized spacial score (nSPS) is 12.1. The number of rotatable bonds is 5. The summed E-state index contributed by atoms with van der Waals surface area (Å²) in [4.78, 5) is 36.9. The Labute approximate surface area is 201 Å². The maximum Gasteiger partial charge on any atom is 0.273 e. The molecule has 0 aliphatic rings. The molecule has 1 N–H and O–H groups in total. The van der Waals surface area contributed by atoms with Gasteiger partial charge in [0.05, 0.1) is 15.1 Å². The van der Waals surface area contributed by atoms with Crippen molar-refractivity contribution in [2.75, 3.05) is 5.32 Å². The lowest BCUT2D eigenvalue weighted by Gasteiger charge is -2.05. The molecule has 8 nitrogen and oxygen atoms in total. The molecule has 10 heteroatoms. The highest BCUT2D eigenvalue weighted by Gasteiger charge is 2.17. The minimum absolute atomic E-state index is 0.0833. The number of amides is 1. The average Bonchev–Trinajstić information content (AvgIpc) is 3.17. The number of hydrogen-bond acceptors (Lipinski definition) is 6. The minimum atomic E-state index is -0.771. The van der Waals surface area contributed by atoms with E-state index in [1.165, 1.54) is 53.1 Å². The second-order valence-electron chi connectivity index (χ2n) is 7.19. The van der Waals surface area contributed by atoms with Crippen LogP contribution >= 0.6 is 11.3 Å². The Morgan fingerprint density at radius 2 is 1.80 bits per heavy atom. The van der Waals surface area contributed by atoms with Gasteiger partial charge in [-0.2, -0.15) is 5.26 Å². The van der Waals surface area contributed by atoms with E-state index in [1.807, 2.05) is 6.07 Å². The van der Waals surface area contributed by atoms with Crippen molar-refractivity contribution in [3.05, 3.63) is 120 Å². The van der Waals surface area contributed by atoms with Crippen molar-refractivity contribution >= 4 is 40.3 Å². The number of para-hydroxylation sites is 1. The third-order valence-electron chi connectivity index (χ3n) is 4.87. The van der Waals surface area contributed by atoms with Crippen molar-refractivity contribution in [1.29, 1.82) is 5.26 Å². The quantitative estimate of drug-likeness (QED) is 0.344. The Kier molecular flexibility index (Phi) is 6.62. The molecule has 1 heterocycles. The number of carbonyl (C=O) groups is 1. The van der Waals surface area contributed by atoms with Gasteiger partial charge in [-0.25, -0.2) is 4.39 Å². The van der Waals surface area contributed by atoms with Crippen LogP contribution in [0, 0.1) is 27.3 Å². The third-order valence-corrected chi connectivity index (χ3v) is 5.96. The maximum atomic E-state index is 13.4. The number of nitro benzene ring substituents is 1. The van der Waals surface area contributed by atoms with Crippen molar-refractivity contribution < 1.29 is 14.1 Å². The van der Waals surface area contributed by atoms with Gasteiger partial charge in [-0.05, 0) is 48.0 Å². The summed E-state index contributed by atoms with van der Waals surface area (Å²) in [6.45, 7) is 0. The van der Waals surface area contributed by atoms with Crippen molar-refractivity contribution in [3.8, 4) is 11.8 Å². The van der Waals surface area contributed by atoms with Crippen LogP contribution in [0.5, 0.6) is 0 Å². The number of nitro groups is 1. The van der Waals surface area contributed by atoms with E-state index in [-0.39, 0.29) is 26.1 Å². The highest BCUT2D eigenvalue weighted by Crippen LogP contribution is 2.14. The molecule has 0 radical (unpaired) electrons. The monoisotopic (exact) mass is 486 g/mol. The molecule has 0 aliphatic heterocycles. The van der Waals surface area contributed by atoms with Gasteiger partial charge in [0.25, 0.3) is 17.2 Å². The number of halogens is 1. The molecule has 1 amide bonds. The van der Waals surface area contributed by atoms with Crippen molar-refractivity contribution in [3.63, 3.8) is 0 Å². The number of hydrogen-bond donors (Lipinski definition) is 1. The molecule has 4 rings (SSSR count). The Morgan fingerprint density at radius 3 is 2.46 bits per heavy atom. The number of aromatic nitrogens is 1. The first-order valence-corrected chi connectivity index (χ1v) is 10.9. The van der Waals surface area contributed by atoms with E-state index in [9.17, 15) is 29.4 Å². The van der Waals surface area contributed by atoms with Crippen LogP contribution in [-0.4, -0.2) is 15.4 Å². The molecule has 172 valence electrons. The van der Waals surface area contributed by atoms with Gasteiger partial charge in [0.15, 0.2) is 5.57 Å². The van der Waals surface area contributed by atoms with Gasteiger partial charge in [0, 0.05) is 17.8 Å². The zero-order chi connectivity index (χ0) is 24.9. The molecule has 1 aromatic heterocycles. The van der Waals surface area contributed by atoms with Gasteiger partial charge >= 0.3 is 0 Å². The fraction of sp³-hybridized carbons (Fsp3) is 0. The molecule has 35 heavy (non-hydrogen) atoms. The van der Waals surface area contributed by atoms with Gasteiger partial charge in [0.1, 0.15) is 16.5 Å². The van der Waals surface area contributed by atoms with E-state index in [0.29, 0.717) is 11.3 Å². The van der Waals surface area contributed by atoms with E-state index in [1.54, 1.807) is 36.4 Å². The largest absolute Gasteiger partial charge is 0.321 e. The van der Waals surface area contributed by atoms with Gasteiger partial charge in [-0.15, -0.1) is 11.3 Å². The average molecular weight is 486 g/mol. The van der Waals surface area contributed by atoms with Gasteiger partial charge in [0.2, 0.25) is 0 Å². The summed E-state index contributed by atoms with van der Waals surface area (Å²) in [5.41, 5.74) is 0.173. The highest BCUT2D eigenvalue weighted by molar-refractivity contribution is 7.07. The number of nitrogens with one attached hydrogen (secondary N) is 1. The summed E-state index contributed by atoms with van der Waals surface area (Å²) in [5.74, 6) is -1.25. The molecular weight excluding hydrogens is 471 g/mol. The Balaban J connectivity index is 1.94. The van der Waals surface area contributed by atoms with Gasteiger partial charge < -0.3 is 5.32 Å². The highest BCUT2D eigenvalue weighted by atomic mass is 32.1. The first kappa shape index (κ1) is 23.3. The second-order valence-corrected chi connectivity index (χ2v) is 8.22. The SMILES string of the molecule is N#C/C(C(=O)Nc1ccc(F)cc1)=c1\s/c(=C/c2cccc([N+](=O)[O-])c2)c(=O)n1-c1ccccc1. The first-order valence-electron chi connectivity index (χ1n) is 10.1. The lowest BCUT2D eigenvalue weighted by atomic mass is 10.2. The fourth-order valence-corrected chi connectivity index (χ4v) is 4.37. The standard InChI is InChI=1S/C25H15FN4O4S/c26-17-9-11-18(12-10-17)28-23(31)21(15-27)25-29(19-6-2-1-3-7-19)24(32)22(35-25)14-16-5-4-8-20(13-16)30(33)34/h1-14H,(H,28,31)/b22-14+,25-21+. The molecule has 3 aromatic carbocycles. The number of benzene rings is 3. The molecule has 0 saturated carbocycles. The topological polar surface area (TPSA) is 118 Å². The zero-order valence-corrected chi connectivity index (χ0v) is 18.7. The Hall–Kier alpha value is -4.88. The summed E-state index contributed by atoms with van der Waals surface area (Å²) in [6, 6.07) is 21.1. The van der Waals surface area contributed by atoms with Crippen LogP contribution < -0.4 is 20.1 Å². The lowest BCUT2D eigenvalue weighted by Crippen LogP contribution is -2.32. The van der Waals surface area contributed by atoms with Crippen LogP contribution in [0.1, 0.15) is 5.56 Å². The van der Waals surface area contributed by atoms with Crippen LogP contribution in [0.15, 0.2) is 83.7 Å². The summed E-state index contributed by atoms with van der Waals surface area (Å²) >= 11 is 0.909. The Bertz CT molecular complexity index is 1650. The van der Waals surface area contributed by atoms with Crippen LogP contribution in [-0.2, 0) is 4.79 Å². The molecule has 0 unspecified atom stereocenters.